The molecule has 0 aliphatic rings. The molecule has 1 unspecified atom stereocenters. The molecule has 3 nitrogen and oxygen atoms in total. The molecule has 62 valence electrons. The van der Waals surface area contributed by atoms with Crippen molar-refractivity contribution in [2.24, 2.45) is 0 Å². The summed E-state index contributed by atoms with van der Waals surface area (Å²) >= 11 is 0. The van der Waals surface area contributed by atoms with Gasteiger partial charge in [-0.2, -0.15) is 5.48 Å². The fourth-order valence-corrected chi connectivity index (χ4v) is 0.798. The molecule has 1 N–H and O–H groups in total. The highest BCUT2D eigenvalue weighted by Crippen LogP contribution is 2.11. The van der Waals surface area contributed by atoms with E-state index in [1.807, 2.05) is 19.9 Å². The summed E-state index contributed by atoms with van der Waals surface area (Å²) in [6.45, 7) is 4.62. The molecule has 0 aliphatic heterocycles. The molecular weight excluding hydrogens is 142 g/mol. The van der Waals surface area contributed by atoms with Crippen molar-refractivity contribution in [1.82, 2.24) is 5.48 Å². The van der Waals surface area contributed by atoms with Crippen LogP contribution in [0.25, 0.3) is 0 Å². The molecule has 1 aromatic heterocycles. The fraction of sp³-hybridized carbons (Fsp3) is 0.500. The fourth-order valence-electron chi connectivity index (χ4n) is 0.798. The molecule has 0 saturated heterocycles. The van der Waals surface area contributed by atoms with E-state index in [1.54, 1.807) is 12.5 Å². The van der Waals surface area contributed by atoms with E-state index in [4.69, 9.17) is 9.25 Å². The van der Waals surface area contributed by atoms with Gasteiger partial charge in [0, 0.05) is 5.56 Å². The monoisotopic (exact) mass is 155 g/mol. The minimum absolute atomic E-state index is 0.189. The topological polar surface area (TPSA) is 34.4 Å². The van der Waals surface area contributed by atoms with Crippen LogP contribution in [-0.4, -0.2) is 6.61 Å². The van der Waals surface area contributed by atoms with Gasteiger partial charge in [-0.05, 0) is 19.9 Å². The highest BCUT2D eigenvalue weighted by molar-refractivity contribution is 5.09. The molecular formula is C8H13NO2. The molecule has 0 bridgehead atoms. The third kappa shape index (κ3) is 2.37. The Kier molecular flexibility index (Phi) is 3.14. The number of nitrogens with one attached hydrogen (secondary N) is 1. The van der Waals surface area contributed by atoms with Gasteiger partial charge in [-0.3, -0.25) is 0 Å². The van der Waals surface area contributed by atoms with E-state index < -0.39 is 0 Å². The predicted octanol–water partition coefficient (Wildman–Crippen LogP) is 1.88. The van der Waals surface area contributed by atoms with Crippen molar-refractivity contribution in [3.8, 4) is 0 Å². The normalized spacial score (nSPS) is 13.3. The van der Waals surface area contributed by atoms with E-state index in [0.717, 1.165) is 5.56 Å². The van der Waals surface area contributed by atoms with Crippen LogP contribution < -0.4 is 5.48 Å². The second-order valence-electron chi connectivity index (χ2n) is 2.33. The molecule has 0 aliphatic carbocycles. The summed E-state index contributed by atoms with van der Waals surface area (Å²) in [6, 6.07) is 2.10. The van der Waals surface area contributed by atoms with Gasteiger partial charge in [0.25, 0.3) is 0 Å². The van der Waals surface area contributed by atoms with E-state index in [1.165, 1.54) is 0 Å². The molecule has 11 heavy (non-hydrogen) atoms. The average Bonchev–Trinajstić information content (AvgIpc) is 2.52. The summed E-state index contributed by atoms with van der Waals surface area (Å²) in [6.07, 6.45) is 3.36. The van der Waals surface area contributed by atoms with Gasteiger partial charge < -0.3 is 9.25 Å². The summed E-state index contributed by atoms with van der Waals surface area (Å²) in [7, 11) is 0. The first-order valence-electron chi connectivity index (χ1n) is 3.74. The Morgan fingerprint density at radius 2 is 2.55 bits per heavy atom. The summed E-state index contributed by atoms with van der Waals surface area (Å²) in [5.74, 6) is 0. The highest BCUT2D eigenvalue weighted by Gasteiger charge is 2.04. The van der Waals surface area contributed by atoms with Crippen molar-refractivity contribution in [3.63, 3.8) is 0 Å². The van der Waals surface area contributed by atoms with Crippen LogP contribution in [0.5, 0.6) is 0 Å². The zero-order valence-corrected chi connectivity index (χ0v) is 6.83. The molecule has 3 heteroatoms. The van der Waals surface area contributed by atoms with Gasteiger partial charge in [-0.1, -0.05) is 0 Å². The molecule has 0 spiro atoms. The minimum atomic E-state index is 0.189. The smallest absolute Gasteiger partial charge is 0.0951 e. The second-order valence-corrected chi connectivity index (χ2v) is 2.33. The maximum absolute atomic E-state index is 5.03. The molecule has 0 amide bonds. The van der Waals surface area contributed by atoms with Gasteiger partial charge in [-0.15, -0.1) is 0 Å². The summed E-state index contributed by atoms with van der Waals surface area (Å²) in [4.78, 5) is 5.03. The Balaban J connectivity index is 2.36. The van der Waals surface area contributed by atoms with Gasteiger partial charge in [0.15, 0.2) is 0 Å². The first kappa shape index (κ1) is 8.30. The Morgan fingerprint density at radius 3 is 3.09 bits per heavy atom. The van der Waals surface area contributed by atoms with Gasteiger partial charge in [-0.25, -0.2) is 0 Å². The second kappa shape index (κ2) is 4.16. The van der Waals surface area contributed by atoms with Crippen molar-refractivity contribution in [2.75, 3.05) is 6.61 Å². The Labute approximate surface area is 66.3 Å². The summed E-state index contributed by atoms with van der Waals surface area (Å²) in [5, 5.41) is 0. The van der Waals surface area contributed by atoms with Crippen molar-refractivity contribution >= 4 is 0 Å². The maximum atomic E-state index is 5.03. The van der Waals surface area contributed by atoms with Crippen LogP contribution in [-0.2, 0) is 4.84 Å². The van der Waals surface area contributed by atoms with Gasteiger partial charge >= 0.3 is 0 Å². The van der Waals surface area contributed by atoms with Crippen LogP contribution in [0.15, 0.2) is 23.0 Å². The van der Waals surface area contributed by atoms with Crippen molar-refractivity contribution < 1.29 is 9.25 Å². The molecule has 1 aromatic rings. The van der Waals surface area contributed by atoms with E-state index in [2.05, 4.69) is 5.48 Å². The number of hydroxylamine groups is 1. The lowest BCUT2D eigenvalue weighted by Gasteiger charge is -2.09. The molecule has 1 atom stereocenters. The maximum Gasteiger partial charge on any atom is 0.0951 e. The van der Waals surface area contributed by atoms with Crippen molar-refractivity contribution in [2.45, 2.75) is 19.9 Å². The van der Waals surface area contributed by atoms with Crippen LogP contribution >= 0.6 is 0 Å². The van der Waals surface area contributed by atoms with Crippen LogP contribution in [0, 0.1) is 0 Å². The minimum Gasteiger partial charge on any atom is -0.472 e. The van der Waals surface area contributed by atoms with Crippen LogP contribution in [0.3, 0.4) is 0 Å². The Hall–Kier alpha value is -0.800. The molecule has 0 aromatic carbocycles. The van der Waals surface area contributed by atoms with Crippen LogP contribution in [0.4, 0.5) is 0 Å². The number of hydrogen-bond donors (Lipinski definition) is 1. The zero-order chi connectivity index (χ0) is 8.10. The largest absolute Gasteiger partial charge is 0.472 e. The van der Waals surface area contributed by atoms with Crippen LogP contribution in [0.2, 0.25) is 0 Å². The van der Waals surface area contributed by atoms with Gasteiger partial charge in [0.1, 0.15) is 0 Å². The third-order valence-electron chi connectivity index (χ3n) is 1.45. The number of rotatable bonds is 4. The molecule has 1 rings (SSSR count). The quantitative estimate of drug-likeness (QED) is 0.674. The van der Waals surface area contributed by atoms with Crippen LogP contribution in [0.1, 0.15) is 25.5 Å². The van der Waals surface area contributed by atoms with Crippen molar-refractivity contribution in [3.05, 3.63) is 24.2 Å². The SMILES string of the molecule is CCONC(C)c1ccoc1. The summed E-state index contributed by atoms with van der Waals surface area (Å²) < 4.78 is 4.92. The van der Waals surface area contributed by atoms with E-state index >= 15 is 0 Å². The lowest BCUT2D eigenvalue weighted by atomic mass is 10.2. The third-order valence-corrected chi connectivity index (χ3v) is 1.45. The zero-order valence-electron chi connectivity index (χ0n) is 6.83. The Bertz CT molecular complexity index is 184. The summed E-state index contributed by atoms with van der Waals surface area (Å²) in [5.41, 5.74) is 3.97. The van der Waals surface area contributed by atoms with Gasteiger partial charge in [0.2, 0.25) is 0 Å². The molecule has 0 radical (unpaired) electrons. The first-order chi connectivity index (χ1) is 5.34. The molecule has 1 heterocycles. The highest BCUT2D eigenvalue weighted by atomic mass is 16.6. The lowest BCUT2D eigenvalue weighted by molar-refractivity contribution is 0.0283. The van der Waals surface area contributed by atoms with E-state index in [-0.39, 0.29) is 6.04 Å². The first-order valence-corrected chi connectivity index (χ1v) is 3.74. The van der Waals surface area contributed by atoms with Crippen molar-refractivity contribution in [1.29, 1.82) is 0 Å². The average molecular weight is 155 g/mol. The van der Waals surface area contributed by atoms with E-state index in [9.17, 15) is 0 Å². The predicted molar refractivity (Wildman–Crippen MR) is 41.9 cm³/mol. The molecule has 0 fully saturated rings. The lowest BCUT2D eigenvalue weighted by Crippen LogP contribution is -2.18. The number of furan rings is 1. The Morgan fingerprint density at radius 1 is 1.73 bits per heavy atom. The standard InChI is InChI=1S/C8H13NO2/c1-3-11-9-7(2)8-4-5-10-6-8/h4-7,9H,3H2,1-2H3. The number of hydrogen-bond acceptors (Lipinski definition) is 3. The van der Waals surface area contributed by atoms with Gasteiger partial charge in [0.05, 0.1) is 25.2 Å². The molecule has 0 saturated carbocycles. The van der Waals surface area contributed by atoms with E-state index in [0.29, 0.717) is 6.61 Å².